The summed E-state index contributed by atoms with van der Waals surface area (Å²) in [6.07, 6.45) is 3.53. The van der Waals surface area contributed by atoms with Gasteiger partial charge in [0.25, 0.3) is 0 Å². The van der Waals surface area contributed by atoms with Crippen molar-refractivity contribution in [3.8, 4) is 0 Å². The van der Waals surface area contributed by atoms with Gasteiger partial charge in [0.05, 0.1) is 11.2 Å². The zero-order valence-corrected chi connectivity index (χ0v) is 13.9. The Kier molecular flexibility index (Phi) is 5.80. The van der Waals surface area contributed by atoms with Gasteiger partial charge in [-0.1, -0.05) is 45.4 Å². The number of hydrogen-bond donors (Lipinski definition) is 1. The zero-order valence-electron chi connectivity index (χ0n) is 13.9. The molecule has 2 unspecified atom stereocenters. The number of aromatic nitrogens is 2. The summed E-state index contributed by atoms with van der Waals surface area (Å²) in [5, 5.41) is 9.82. The Hall–Kier alpha value is -1.35. The zero-order chi connectivity index (χ0) is 15.2. The Balaban J connectivity index is 2.28. The Morgan fingerprint density at radius 1 is 1.19 bits per heavy atom. The molecule has 0 aliphatic heterocycles. The Labute approximate surface area is 128 Å². The van der Waals surface area contributed by atoms with Crippen molar-refractivity contribution in [2.75, 3.05) is 6.54 Å². The number of para-hydroxylation sites is 1. The highest BCUT2D eigenvalue weighted by Crippen LogP contribution is 2.22. The summed E-state index contributed by atoms with van der Waals surface area (Å²) in [7, 11) is 0. The third kappa shape index (κ3) is 3.65. The number of nitrogens with zero attached hydrogens (tertiary/aromatic N) is 2. The van der Waals surface area contributed by atoms with Crippen molar-refractivity contribution < 1.29 is 0 Å². The average molecular weight is 287 g/mol. The summed E-state index contributed by atoms with van der Waals surface area (Å²) >= 11 is 0. The summed E-state index contributed by atoms with van der Waals surface area (Å²) in [6.45, 7) is 10.9. The van der Waals surface area contributed by atoms with Crippen LogP contribution >= 0.6 is 0 Å². The Morgan fingerprint density at radius 3 is 2.62 bits per heavy atom. The molecule has 3 nitrogen and oxygen atoms in total. The number of benzene rings is 1. The summed E-state index contributed by atoms with van der Waals surface area (Å²) in [6, 6.07) is 9.11. The molecule has 1 aromatic heterocycles. The molecule has 1 N–H and O–H groups in total. The highest BCUT2D eigenvalue weighted by molar-refractivity contribution is 5.82. The normalized spacial score (nSPS) is 14.5. The van der Waals surface area contributed by atoms with Crippen LogP contribution in [0.25, 0.3) is 10.9 Å². The molecule has 1 aromatic carbocycles. The minimum absolute atomic E-state index is 0.513. The first-order valence-electron chi connectivity index (χ1n) is 8.39. The van der Waals surface area contributed by atoms with Gasteiger partial charge in [0.1, 0.15) is 0 Å². The van der Waals surface area contributed by atoms with Crippen LogP contribution in [0.1, 0.15) is 46.2 Å². The van der Waals surface area contributed by atoms with Gasteiger partial charge in [-0.3, -0.25) is 4.68 Å². The molecule has 116 valence electrons. The SMILES string of the molecule is CCCC(C)C(Cc1nn(CC)c2ccccc12)NCC. The standard InChI is InChI=1S/C18H29N3/c1-5-10-14(4)16(19-6-2)13-17-15-11-8-9-12-18(15)21(7-3)20-17/h8-9,11-12,14,16,19H,5-7,10,13H2,1-4H3. The number of rotatable bonds is 8. The number of nitrogens with one attached hydrogen (secondary N) is 1. The lowest BCUT2D eigenvalue weighted by atomic mass is 9.92. The van der Waals surface area contributed by atoms with Crippen molar-refractivity contribution in [1.82, 2.24) is 15.1 Å². The molecule has 0 amide bonds. The molecule has 21 heavy (non-hydrogen) atoms. The van der Waals surface area contributed by atoms with E-state index in [1.807, 2.05) is 0 Å². The molecular formula is C18H29N3. The predicted octanol–water partition coefficient (Wildman–Crippen LogP) is 4.01. The van der Waals surface area contributed by atoms with Gasteiger partial charge in [-0.05, 0) is 31.9 Å². The van der Waals surface area contributed by atoms with Gasteiger partial charge in [0.15, 0.2) is 0 Å². The summed E-state index contributed by atoms with van der Waals surface area (Å²) < 4.78 is 2.12. The molecule has 2 atom stereocenters. The minimum Gasteiger partial charge on any atom is -0.314 e. The van der Waals surface area contributed by atoms with Crippen molar-refractivity contribution in [2.45, 2.75) is 59.5 Å². The van der Waals surface area contributed by atoms with E-state index >= 15 is 0 Å². The van der Waals surface area contributed by atoms with Crippen molar-refractivity contribution in [1.29, 1.82) is 0 Å². The van der Waals surface area contributed by atoms with E-state index in [2.05, 4.69) is 62.0 Å². The third-order valence-corrected chi connectivity index (χ3v) is 4.34. The quantitative estimate of drug-likeness (QED) is 0.795. The molecule has 0 aliphatic carbocycles. The molecule has 3 heteroatoms. The maximum Gasteiger partial charge on any atom is 0.0718 e. The second kappa shape index (κ2) is 7.60. The molecule has 0 spiro atoms. The van der Waals surface area contributed by atoms with Gasteiger partial charge in [0.2, 0.25) is 0 Å². The number of hydrogen-bond acceptors (Lipinski definition) is 2. The molecule has 0 saturated heterocycles. The maximum absolute atomic E-state index is 4.85. The van der Waals surface area contributed by atoms with E-state index in [1.54, 1.807) is 0 Å². The third-order valence-electron chi connectivity index (χ3n) is 4.34. The topological polar surface area (TPSA) is 29.9 Å². The molecular weight excluding hydrogens is 258 g/mol. The lowest BCUT2D eigenvalue weighted by molar-refractivity contribution is 0.355. The first-order valence-corrected chi connectivity index (χ1v) is 8.39. The molecule has 2 aromatic rings. The molecule has 0 radical (unpaired) electrons. The monoisotopic (exact) mass is 287 g/mol. The fourth-order valence-corrected chi connectivity index (χ4v) is 3.19. The van der Waals surface area contributed by atoms with Crippen LogP contribution in [0, 0.1) is 5.92 Å². The Bertz CT molecular complexity index is 559. The van der Waals surface area contributed by atoms with E-state index in [9.17, 15) is 0 Å². The van der Waals surface area contributed by atoms with Gasteiger partial charge in [-0.2, -0.15) is 5.10 Å². The summed E-state index contributed by atoms with van der Waals surface area (Å²) in [5.41, 5.74) is 2.50. The molecule has 0 aliphatic rings. The van der Waals surface area contributed by atoms with E-state index in [0.29, 0.717) is 12.0 Å². The van der Waals surface area contributed by atoms with Crippen molar-refractivity contribution in [3.63, 3.8) is 0 Å². The van der Waals surface area contributed by atoms with Crippen LogP contribution in [0.3, 0.4) is 0 Å². The number of likely N-dealkylation sites (N-methyl/N-ethyl adjacent to an activating group) is 1. The van der Waals surface area contributed by atoms with Crippen LogP contribution in [0.5, 0.6) is 0 Å². The molecule has 1 heterocycles. The molecule has 0 fully saturated rings. The van der Waals surface area contributed by atoms with Gasteiger partial charge in [-0.15, -0.1) is 0 Å². The van der Waals surface area contributed by atoms with E-state index in [4.69, 9.17) is 5.10 Å². The molecule has 2 rings (SSSR count). The van der Waals surface area contributed by atoms with Crippen molar-refractivity contribution in [3.05, 3.63) is 30.0 Å². The average Bonchev–Trinajstić information content (AvgIpc) is 2.85. The second-order valence-electron chi connectivity index (χ2n) is 5.91. The fourth-order valence-electron chi connectivity index (χ4n) is 3.19. The fraction of sp³-hybridized carbons (Fsp3) is 0.611. The predicted molar refractivity (Wildman–Crippen MR) is 90.6 cm³/mol. The number of aryl methyl sites for hydroxylation is 1. The van der Waals surface area contributed by atoms with Crippen molar-refractivity contribution >= 4 is 10.9 Å². The van der Waals surface area contributed by atoms with Gasteiger partial charge < -0.3 is 5.32 Å². The highest BCUT2D eigenvalue weighted by atomic mass is 15.3. The van der Waals surface area contributed by atoms with Crippen LogP contribution < -0.4 is 5.32 Å². The number of fused-ring (bicyclic) bond motifs is 1. The van der Waals surface area contributed by atoms with E-state index < -0.39 is 0 Å². The first kappa shape index (κ1) is 16.0. The highest BCUT2D eigenvalue weighted by Gasteiger charge is 2.19. The summed E-state index contributed by atoms with van der Waals surface area (Å²) in [5.74, 6) is 0.681. The van der Waals surface area contributed by atoms with Gasteiger partial charge in [-0.25, -0.2) is 0 Å². The van der Waals surface area contributed by atoms with Crippen molar-refractivity contribution in [2.24, 2.45) is 5.92 Å². The van der Waals surface area contributed by atoms with E-state index in [0.717, 1.165) is 19.5 Å². The van der Waals surface area contributed by atoms with Crippen LogP contribution in [0.2, 0.25) is 0 Å². The lowest BCUT2D eigenvalue weighted by Gasteiger charge is -2.24. The lowest BCUT2D eigenvalue weighted by Crippen LogP contribution is -2.37. The van der Waals surface area contributed by atoms with Crippen LogP contribution in [0.4, 0.5) is 0 Å². The minimum atomic E-state index is 0.513. The van der Waals surface area contributed by atoms with Gasteiger partial charge >= 0.3 is 0 Å². The van der Waals surface area contributed by atoms with E-state index in [1.165, 1.54) is 29.4 Å². The van der Waals surface area contributed by atoms with Crippen LogP contribution in [0.15, 0.2) is 24.3 Å². The molecule has 0 bridgehead atoms. The summed E-state index contributed by atoms with van der Waals surface area (Å²) in [4.78, 5) is 0. The van der Waals surface area contributed by atoms with E-state index in [-0.39, 0.29) is 0 Å². The largest absolute Gasteiger partial charge is 0.314 e. The first-order chi connectivity index (χ1) is 10.2. The van der Waals surface area contributed by atoms with Crippen LogP contribution in [-0.2, 0) is 13.0 Å². The van der Waals surface area contributed by atoms with Crippen LogP contribution in [-0.4, -0.2) is 22.4 Å². The second-order valence-corrected chi connectivity index (χ2v) is 5.91. The van der Waals surface area contributed by atoms with Gasteiger partial charge in [0, 0.05) is 24.4 Å². The Morgan fingerprint density at radius 2 is 1.95 bits per heavy atom. The maximum atomic E-state index is 4.85. The molecule has 0 saturated carbocycles. The smallest absolute Gasteiger partial charge is 0.0718 e.